The average molecular weight is 225 g/mol. The normalized spacial score (nSPS) is 11.5. The molecule has 6 heteroatoms. The fraction of sp³-hybridized carbons (Fsp3) is 0.700. The summed E-state index contributed by atoms with van der Waals surface area (Å²) in [7, 11) is 1.84. The van der Waals surface area contributed by atoms with Crippen molar-refractivity contribution in [3.8, 4) is 0 Å². The van der Waals surface area contributed by atoms with E-state index in [0.29, 0.717) is 6.54 Å². The highest BCUT2D eigenvalue weighted by Crippen LogP contribution is 2.02. The minimum Gasteiger partial charge on any atom is -0.347 e. The van der Waals surface area contributed by atoms with Gasteiger partial charge in [0.15, 0.2) is 5.82 Å². The van der Waals surface area contributed by atoms with E-state index in [9.17, 15) is 4.79 Å². The van der Waals surface area contributed by atoms with Gasteiger partial charge in [-0.2, -0.15) is 0 Å². The molecule has 0 aliphatic carbocycles. The van der Waals surface area contributed by atoms with Crippen molar-refractivity contribution in [2.45, 2.75) is 32.9 Å². The smallest absolute Gasteiger partial charge is 0.240 e. The number of rotatable bonds is 5. The van der Waals surface area contributed by atoms with E-state index in [1.807, 2.05) is 27.8 Å². The molecule has 0 saturated carbocycles. The SMILES string of the molecule is CCNC(C)(C)C(=O)NCc1nncn1C. The highest BCUT2D eigenvalue weighted by molar-refractivity contribution is 5.85. The van der Waals surface area contributed by atoms with Gasteiger partial charge in [0.1, 0.15) is 6.33 Å². The zero-order valence-electron chi connectivity index (χ0n) is 10.2. The first-order chi connectivity index (χ1) is 7.47. The highest BCUT2D eigenvalue weighted by atomic mass is 16.2. The number of carbonyl (C=O) groups excluding carboxylic acids is 1. The first kappa shape index (κ1) is 12.6. The van der Waals surface area contributed by atoms with Gasteiger partial charge in [0.25, 0.3) is 0 Å². The fourth-order valence-corrected chi connectivity index (χ4v) is 1.37. The summed E-state index contributed by atoms with van der Waals surface area (Å²) in [5.74, 6) is 0.693. The lowest BCUT2D eigenvalue weighted by Crippen LogP contribution is -2.52. The Labute approximate surface area is 95.4 Å². The average Bonchev–Trinajstić information content (AvgIpc) is 2.60. The number of hydrogen-bond donors (Lipinski definition) is 2. The van der Waals surface area contributed by atoms with Crippen molar-refractivity contribution in [1.82, 2.24) is 25.4 Å². The van der Waals surface area contributed by atoms with Gasteiger partial charge in [0.05, 0.1) is 12.1 Å². The van der Waals surface area contributed by atoms with Crippen LogP contribution in [0.25, 0.3) is 0 Å². The Morgan fingerprint density at radius 2 is 2.25 bits per heavy atom. The van der Waals surface area contributed by atoms with E-state index in [0.717, 1.165) is 12.4 Å². The summed E-state index contributed by atoms with van der Waals surface area (Å²) in [6.45, 7) is 6.82. The third kappa shape index (κ3) is 3.03. The van der Waals surface area contributed by atoms with Gasteiger partial charge in [0, 0.05) is 7.05 Å². The maximum Gasteiger partial charge on any atom is 0.240 e. The summed E-state index contributed by atoms with van der Waals surface area (Å²) in [6, 6.07) is 0. The summed E-state index contributed by atoms with van der Waals surface area (Å²) >= 11 is 0. The molecule has 1 aromatic heterocycles. The Morgan fingerprint density at radius 3 is 2.75 bits per heavy atom. The van der Waals surface area contributed by atoms with Crippen LogP contribution in [-0.4, -0.2) is 32.8 Å². The second kappa shape index (κ2) is 5.07. The van der Waals surface area contributed by atoms with Crippen molar-refractivity contribution >= 4 is 5.91 Å². The first-order valence-electron chi connectivity index (χ1n) is 5.33. The Bertz CT molecular complexity index is 358. The second-order valence-electron chi connectivity index (χ2n) is 4.20. The Morgan fingerprint density at radius 1 is 1.56 bits per heavy atom. The van der Waals surface area contributed by atoms with Crippen LogP contribution in [0.15, 0.2) is 6.33 Å². The Kier molecular flexibility index (Phi) is 4.00. The van der Waals surface area contributed by atoms with Crippen LogP contribution in [-0.2, 0) is 18.4 Å². The summed E-state index contributed by atoms with van der Waals surface area (Å²) in [4.78, 5) is 11.8. The number of aryl methyl sites for hydroxylation is 1. The zero-order chi connectivity index (χ0) is 12.2. The molecule has 0 radical (unpaired) electrons. The maximum atomic E-state index is 11.8. The summed E-state index contributed by atoms with van der Waals surface area (Å²) in [6.07, 6.45) is 1.61. The van der Waals surface area contributed by atoms with Crippen molar-refractivity contribution in [1.29, 1.82) is 0 Å². The van der Waals surface area contributed by atoms with Gasteiger partial charge in [-0.3, -0.25) is 4.79 Å². The Hall–Kier alpha value is -1.43. The third-order valence-corrected chi connectivity index (χ3v) is 2.40. The molecule has 90 valence electrons. The molecule has 1 amide bonds. The monoisotopic (exact) mass is 225 g/mol. The van der Waals surface area contributed by atoms with Crippen molar-refractivity contribution < 1.29 is 4.79 Å². The van der Waals surface area contributed by atoms with Gasteiger partial charge in [-0.05, 0) is 20.4 Å². The van der Waals surface area contributed by atoms with E-state index >= 15 is 0 Å². The Balaban J connectivity index is 2.50. The lowest BCUT2D eigenvalue weighted by Gasteiger charge is -2.24. The van der Waals surface area contributed by atoms with Crippen molar-refractivity contribution in [3.05, 3.63) is 12.2 Å². The van der Waals surface area contributed by atoms with Gasteiger partial charge in [-0.15, -0.1) is 10.2 Å². The van der Waals surface area contributed by atoms with Gasteiger partial charge in [0.2, 0.25) is 5.91 Å². The molecule has 0 fully saturated rings. The number of likely N-dealkylation sites (N-methyl/N-ethyl adjacent to an activating group) is 1. The molecule has 1 aromatic rings. The van der Waals surface area contributed by atoms with Crippen molar-refractivity contribution in [3.63, 3.8) is 0 Å². The fourth-order valence-electron chi connectivity index (χ4n) is 1.37. The standard InChI is InChI=1S/C10H19N5O/c1-5-12-10(2,3)9(16)11-6-8-14-13-7-15(8)4/h7,12H,5-6H2,1-4H3,(H,11,16). The zero-order valence-corrected chi connectivity index (χ0v) is 10.2. The molecule has 1 rings (SSSR count). The molecule has 6 nitrogen and oxygen atoms in total. The number of amides is 1. The van der Waals surface area contributed by atoms with Crippen LogP contribution in [0.3, 0.4) is 0 Å². The molecule has 0 bridgehead atoms. The number of hydrogen-bond acceptors (Lipinski definition) is 4. The number of nitrogens with zero attached hydrogens (tertiary/aromatic N) is 3. The molecule has 0 spiro atoms. The molecule has 0 saturated heterocycles. The molecular weight excluding hydrogens is 206 g/mol. The van der Waals surface area contributed by atoms with E-state index in [4.69, 9.17) is 0 Å². The van der Waals surface area contributed by atoms with E-state index in [-0.39, 0.29) is 5.91 Å². The summed E-state index contributed by atoms with van der Waals surface area (Å²) < 4.78 is 1.78. The highest BCUT2D eigenvalue weighted by Gasteiger charge is 2.25. The first-order valence-corrected chi connectivity index (χ1v) is 5.33. The summed E-state index contributed by atoms with van der Waals surface area (Å²) in [5.41, 5.74) is -0.562. The predicted molar refractivity (Wildman–Crippen MR) is 60.6 cm³/mol. The molecule has 0 aliphatic rings. The maximum absolute atomic E-state index is 11.8. The largest absolute Gasteiger partial charge is 0.347 e. The van der Waals surface area contributed by atoms with Gasteiger partial charge in [-0.25, -0.2) is 0 Å². The molecule has 0 aliphatic heterocycles. The van der Waals surface area contributed by atoms with Crippen LogP contribution in [0.4, 0.5) is 0 Å². The molecule has 1 heterocycles. The summed E-state index contributed by atoms with van der Waals surface area (Å²) in [5, 5.41) is 13.6. The second-order valence-corrected chi connectivity index (χ2v) is 4.20. The number of nitrogens with one attached hydrogen (secondary N) is 2. The molecule has 2 N–H and O–H groups in total. The van der Waals surface area contributed by atoms with E-state index in [1.54, 1.807) is 10.9 Å². The van der Waals surface area contributed by atoms with Gasteiger partial charge >= 0.3 is 0 Å². The van der Waals surface area contributed by atoms with E-state index < -0.39 is 5.54 Å². The lowest BCUT2D eigenvalue weighted by molar-refractivity contribution is -0.126. The molecular formula is C10H19N5O. The van der Waals surface area contributed by atoms with Crippen molar-refractivity contribution in [2.75, 3.05) is 6.54 Å². The lowest BCUT2D eigenvalue weighted by atomic mass is 10.0. The van der Waals surface area contributed by atoms with Crippen LogP contribution in [0.1, 0.15) is 26.6 Å². The van der Waals surface area contributed by atoms with Crippen LogP contribution >= 0.6 is 0 Å². The van der Waals surface area contributed by atoms with Crippen LogP contribution in [0.2, 0.25) is 0 Å². The minimum absolute atomic E-state index is 0.0441. The van der Waals surface area contributed by atoms with Gasteiger partial charge in [-0.1, -0.05) is 6.92 Å². The molecule has 0 unspecified atom stereocenters. The molecule has 0 atom stereocenters. The van der Waals surface area contributed by atoms with Crippen LogP contribution < -0.4 is 10.6 Å². The van der Waals surface area contributed by atoms with E-state index in [2.05, 4.69) is 20.8 Å². The predicted octanol–water partition coefficient (Wildman–Crippen LogP) is -0.181. The number of aromatic nitrogens is 3. The van der Waals surface area contributed by atoms with Crippen LogP contribution in [0, 0.1) is 0 Å². The third-order valence-electron chi connectivity index (χ3n) is 2.40. The minimum atomic E-state index is -0.562. The topological polar surface area (TPSA) is 71.8 Å². The number of carbonyl (C=O) groups is 1. The molecule has 0 aromatic carbocycles. The quantitative estimate of drug-likeness (QED) is 0.729. The van der Waals surface area contributed by atoms with Crippen molar-refractivity contribution in [2.24, 2.45) is 7.05 Å². The van der Waals surface area contributed by atoms with Crippen LogP contribution in [0.5, 0.6) is 0 Å². The van der Waals surface area contributed by atoms with Gasteiger partial charge < -0.3 is 15.2 Å². The van der Waals surface area contributed by atoms with E-state index in [1.165, 1.54) is 0 Å². The molecule has 16 heavy (non-hydrogen) atoms.